The lowest BCUT2D eigenvalue weighted by Gasteiger charge is -2.93. The van der Waals surface area contributed by atoms with Crippen molar-refractivity contribution in [1.82, 2.24) is 4.90 Å². The monoisotopic (exact) mass is 277 g/mol. The normalized spacial score (nSPS) is 93.4. The second-order valence-corrected chi connectivity index (χ2v) is 11.2. The topological polar surface area (TPSA) is 3.24 Å². The van der Waals surface area contributed by atoms with Crippen molar-refractivity contribution in [3.05, 3.63) is 0 Å². The van der Waals surface area contributed by atoms with Gasteiger partial charge in [-0.3, -0.25) is 4.90 Å². The number of hydrogen-bond acceptors (Lipinski definition) is 1. The van der Waals surface area contributed by atoms with Crippen LogP contribution in [0.5, 0.6) is 0 Å². The lowest BCUT2D eigenvalue weighted by Crippen LogP contribution is -2.99. The van der Waals surface area contributed by atoms with Crippen molar-refractivity contribution in [3.63, 3.8) is 0 Å². The minimum atomic E-state index is 1.15. The highest BCUT2D eigenvalue weighted by atomic mass is 15.4. The molecule has 0 bridgehead atoms. The Balaban J connectivity index is 1.04. The summed E-state index contributed by atoms with van der Waals surface area (Å²) in [7, 11) is 0. The number of fused-ring (bicyclic) bond motifs is 24. The predicted molar refractivity (Wildman–Crippen MR) is 75.9 cm³/mol. The maximum Gasteiger partial charge on any atom is 0.0194 e. The molecule has 21 heavy (non-hydrogen) atoms. The van der Waals surface area contributed by atoms with E-state index in [-0.39, 0.29) is 0 Å². The van der Waals surface area contributed by atoms with E-state index in [0.717, 1.165) is 18.1 Å². The van der Waals surface area contributed by atoms with Crippen LogP contribution >= 0.6 is 0 Å². The van der Waals surface area contributed by atoms with E-state index >= 15 is 0 Å². The maximum absolute atomic E-state index is 3.15. The molecular formula is C20H23N. The second-order valence-electron chi connectivity index (χ2n) is 11.2. The van der Waals surface area contributed by atoms with Crippen molar-refractivity contribution >= 4 is 0 Å². The highest BCUT2D eigenvalue weighted by molar-refractivity contribution is 5.42. The van der Waals surface area contributed by atoms with Crippen LogP contribution in [0, 0.1) is 82.9 Å². The molecule has 0 aromatic carbocycles. The molecule has 13 unspecified atom stereocenters. The van der Waals surface area contributed by atoms with Crippen molar-refractivity contribution < 1.29 is 0 Å². The Morgan fingerprint density at radius 3 is 1.95 bits per heavy atom. The van der Waals surface area contributed by atoms with Gasteiger partial charge in [-0.05, 0) is 102 Å². The lowest BCUT2D eigenvalue weighted by atomic mass is 9.23. The van der Waals surface area contributed by atoms with Gasteiger partial charge in [0.05, 0.1) is 0 Å². The van der Waals surface area contributed by atoms with Crippen LogP contribution in [-0.2, 0) is 0 Å². The first-order chi connectivity index (χ1) is 10.4. The number of rotatable bonds is 0. The van der Waals surface area contributed by atoms with Gasteiger partial charge in [0.1, 0.15) is 0 Å². The van der Waals surface area contributed by atoms with Crippen LogP contribution in [0.3, 0.4) is 0 Å². The van der Waals surface area contributed by atoms with Gasteiger partial charge in [0.15, 0.2) is 0 Å². The van der Waals surface area contributed by atoms with Crippen molar-refractivity contribution in [2.45, 2.75) is 37.4 Å². The van der Waals surface area contributed by atoms with E-state index in [1.165, 1.54) is 82.9 Å². The Kier molecular flexibility index (Phi) is 0.980. The van der Waals surface area contributed by atoms with E-state index in [2.05, 4.69) is 4.90 Å². The fourth-order valence-electron chi connectivity index (χ4n) is 11.6. The van der Waals surface area contributed by atoms with Gasteiger partial charge in [-0.1, -0.05) is 0 Å². The van der Waals surface area contributed by atoms with Crippen LogP contribution in [0.15, 0.2) is 0 Å². The summed E-state index contributed by atoms with van der Waals surface area (Å²) in [5, 5.41) is 0. The van der Waals surface area contributed by atoms with Crippen LogP contribution < -0.4 is 0 Å². The molecule has 10 aliphatic rings. The summed E-state index contributed by atoms with van der Waals surface area (Å²) in [6, 6.07) is 3.46. The van der Waals surface area contributed by atoms with Gasteiger partial charge < -0.3 is 0 Å². The molecule has 0 aromatic heterocycles. The van der Waals surface area contributed by atoms with Gasteiger partial charge in [0, 0.05) is 18.1 Å². The first kappa shape index (κ1) is 9.30. The Morgan fingerprint density at radius 1 is 0.429 bits per heavy atom. The average molecular weight is 277 g/mol. The van der Waals surface area contributed by atoms with Gasteiger partial charge in [-0.15, -0.1) is 0 Å². The van der Waals surface area contributed by atoms with Gasteiger partial charge in [-0.2, -0.15) is 0 Å². The van der Waals surface area contributed by atoms with E-state index in [1.54, 1.807) is 19.3 Å². The average Bonchev–Trinajstić information content (AvgIpc) is 3.30. The van der Waals surface area contributed by atoms with E-state index in [4.69, 9.17) is 0 Å². The molecule has 1 heteroatoms. The molecule has 10 fully saturated rings. The molecule has 2 saturated heterocycles. The molecule has 0 spiro atoms. The lowest BCUT2D eigenvalue weighted by molar-refractivity contribution is -0.450. The Morgan fingerprint density at radius 2 is 1.05 bits per heavy atom. The van der Waals surface area contributed by atoms with E-state index in [1.807, 2.05) is 0 Å². The zero-order chi connectivity index (χ0) is 12.5. The molecule has 2 heterocycles. The molecule has 8 saturated carbocycles. The fraction of sp³-hybridized carbons (Fsp3) is 1.00. The zero-order valence-electron chi connectivity index (χ0n) is 12.4. The quantitative estimate of drug-likeness (QED) is 0.614. The molecule has 2 aliphatic heterocycles. The van der Waals surface area contributed by atoms with Crippen molar-refractivity contribution in [3.8, 4) is 0 Å². The number of hydrogen-bond donors (Lipinski definition) is 0. The Hall–Kier alpha value is -0.0400. The smallest absolute Gasteiger partial charge is 0.0194 e. The van der Waals surface area contributed by atoms with Gasteiger partial charge >= 0.3 is 0 Å². The molecule has 1 nitrogen and oxygen atoms in total. The van der Waals surface area contributed by atoms with Gasteiger partial charge in [0.2, 0.25) is 0 Å². The SMILES string of the molecule is C1C2CC3C(C12)[C@H]1[C@H]3C2C3C4C5C(C6C7CC7[C@H]65)C4N3[C@H]21. The molecule has 0 aromatic rings. The number of nitrogens with zero attached hydrogens (tertiary/aromatic N) is 1. The Bertz CT molecular complexity index is 671. The zero-order valence-corrected chi connectivity index (χ0v) is 12.4. The Labute approximate surface area is 125 Å². The van der Waals surface area contributed by atoms with Crippen LogP contribution in [0.25, 0.3) is 0 Å². The summed E-state index contributed by atoms with van der Waals surface area (Å²) in [4.78, 5) is 3.15. The van der Waals surface area contributed by atoms with Crippen LogP contribution in [-0.4, -0.2) is 23.0 Å². The minimum Gasteiger partial charge on any atom is -0.293 e. The molecule has 0 radical (unpaired) electrons. The summed E-state index contributed by atoms with van der Waals surface area (Å²) < 4.78 is 0. The fourth-order valence-corrected chi connectivity index (χ4v) is 11.6. The van der Waals surface area contributed by atoms with Crippen molar-refractivity contribution in [2.24, 2.45) is 82.9 Å². The maximum atomic E-state index is 3.15. The molecule has 108 valence electrons. The molecule has 0 amide bonds. The van der Waals surface area contributed by atoms with Gasteiger partial charge in [0.25, 0.3) is 0 Å². The van der Waals surface area contributed by atoms with E-state index < -0.39 is 0 Å². The summed E-state index contributed by atoms with van der Waals surface area (Å²) in [5.74, 6) is 17.6. The molecule has 17 atom stereocenters. The first-order valence-corrected chi connectivity index (χ1v) is 10.2. The highest BCUT2D eigenvalue weighted by Gasteiger charge is 2.91. The summed E-state index contributed by atoms with van der Waals surface area (Å²) in [6.45, 7) is 0. The molecule has 0 N–H and O–H groups in total. The van der Waals surface area contributed by atoms with E-state index in [9.17, 15) is 0 Å². The summed E-state index contributed by atoms with van der Waals surface area (Å²) >= 11 is 0. The minimum absolute atomic E-state index is 1.15. The largest absolute Gasteiger partial charge is 0.293 e. The van der Waals surface area contributed by atoms with Crippen molar-refractivity contribution in [1.29, 1.82) is 0 Å². The first-order valence-electron chi connectivity index (χ1n) is 10.2. The third-order valence-corrected chi connectivity index (χ3v) is 11.9. The van der Waals surface area contributed by atoms with Crippen molar-refractivity contribution in [2.75, 3.05) is 0 Å². The van der Waals surface area contributed by atoms with Crippen LogP contribution in [0.1, 0.15) is 19.3 Å². The summed E-state index contributed by atoms with van der Waals surface area (Å²) in [6.07, 6.45) is 4.99. The van der Waals surface area contributed by atoms with Crippen LogP contribution in [0.4, 0.5) is 0 Å². The molecule has 8 aliphatic carbocycles. The second kappa shape index (κ2) is 2.21. The standard InChI is InChI=1S/C20H23N/c1-4-2-8-9(5(1)4)14-12(8)16-18(14)21-19-15-11-7-3-6(7)10(11)13(15)17(19)20(16)21/h4-20H,1-3H2/t4?,5?,6?,7?,8?,9?,10-,11?,12+,13?,14+,15?,16?,17?,18+,19?,20?/m1/s1. The van der Waals surface area contributed by atoms with Crippen LogP contribution in [0.2, 0.25) is 0 Å². The summed E-state index contributed by atoms with van der Waals surface area (Å²) in [5.41, 5.74) is 0. The van der Waals surface area contributed by atoms with E-state index in [0.29, 0.717) is 0 Å². The third-order valence-electron chi connectivity index (χ3n) is 11.9. The number of piperidine rings is 3. The molecule has 10 rings (SSSR count). The highest BCUT2D eigenvalue weighted by Crippen LogP contribution is 2.90. The third kappa shape index (κ3) is 0.596. The van der Waals surface area contributed by atoms with Gasteiger partial charge in [-0.25, -0.2) is 0 Å². The predicted octanol–water partition coefficient (Wildman–Crippen LogP) is 2.33. The molecular weight excluding hydrogens is 254 g/mol.